The summed E-state index contributed by atoms with van der Waals surface area (Å²) in [6.07, 6.45) is 2.38. The number of piperidine rings is 3. The molecule has 2 aromatic rings. The smallest absolute Gasteiger partial charge is 0.261 e. The number of hydrogen-bond donors (Lipinski definition) is 1. The van der Waals surface area contributed by atoms with E-state index in [1.54, 1.807) is 7.11 Å². The molecule has 0 spiro atoms. The molecule has 2 aromatic heterocycles. The second kappa shape index (κ2) is 6.97. The number of nitrogens with zero attached hydrogens (tertiary/aromatic N) is 1. The molecule has 3 fully saturated rings. The minimum atomic E-state index is 0.00853. The maximum atomic E-state index is 12.7. The average Bonchev–Trinajstić information content (AvgIpc) is 3.28. The maximum absolute atomic E-state index is 12.7. The molecule has 5 heterocycles. The summed E-state index contributed by atoms with van der Waals surface area (Å²) in [5.74, 6) is 0.618. The van der Waals surface area contributed by atoms with Crippen molar-refractivity contribution in [2.45, 2.75) is 31.8 Å². The summed E-state index contributed by atoms with van der Waals surface area (Å²) in [6.45, 7) is 4.56. The van der Waals surface area contributed by atoms with Crippen LogP contribution in [-0.2, 0) is 0 Å². The summed E-state index contributed by atoms with van der Waals surface area (Å²) in [6, 6.07) is 8.11. The number of thiophene rings is 2. The molecular weight excluding hydrogens is 356 g/mol. The van der Waals surface area contributed by atoms with Gasteiger partial charge in [-0.15, -0.1) is 0 Å². The fourth-order valence-corrected chi connectivity index (χ4v) is 5.34. The number of fused-ring (bicyclic) bond motifs is 3. The van der Waals surface area contributed by atoms with Crippen LogP contribution < -0.4 is 14.8 Å². The lowest BCUT2D eigenvalue weighted by molar-refractivity contribution is 0.0218. The standard InChI is InChI=1S/C18H22N2O3S2/c1-11-17(12-7-9-20(11)10-8-12)19-18(21)13-3-4-15(24-13)23-16-6-5-14(22-2)25-16/h3-6,11-12,17H,7-10H2,1-2H3,(H,19,21)/t11-,17+/m1/s1. The van der Waals surface area contributed by atoms with E-state index in [0.717, 1.165) is 15.2 Å². The molecule has 7 heteroatoms. The van der Waals surface area contributed by atoms with E-state index in [1.807, 2.05) is 24.3 Å². The predicted octanol–water partition coefficient (Wildman–Crippen LogP) is 3.82. The van der Waals surface area contributed by atoms with E-state index < -0.39 is 0 Å². The van der Waals surface area contributed by atoms with Crippen LogP contribution >= 0.6 is 22.7 Å². The number of ether oxygens (including phenoxy) is 2. The highest BCUT2D eigenvalue weighted by molar-refractivity contribution is 7.17. The summed E-state index contributed by atoms with van der Waals surface area (Å²) in [5.41, 5.74) is 0. The Labute approximate surface area is 155 Å². The summed E-state index contributed by atoms with van der Waals surface area (Å²) in [4.78, 5) is 15.8. The van der Waals surface area contributed by atoms with Crippen LogP contribution in [0.2, 0.25) is 0 Å². The summed E-state index contributed by atoms with van der Waals surface area (Å²) >= 11 is 2.82. The lowest BCUT2D eigenvalue weighted by atomic mass is 9.79. The fraction of sp³-hybridized carbons (Fsp3) is 0.500. The molecule has 3 aliphatic rings. The molecule has 5 rings (SSSR count). The van der Waals surface area contributed by atoms with Crippen molar-refractivity contribution in [2.75, 3.05) is 20.2 Å². The number of carbonyl (C=O) groups excluding carboxylic acids is 1. The van der Waals surface area contributed by atoms with Gasteiger partial charge in [0.15, 0.2) is 15.2 Å². The van der Waals surface area contributed by atoms with Crippen LogP contribution in [0.5, 0.6) is 15.2 Å². The lowest BCUT2D eigenvalue weighted by Crippen LogP contribution is -2.62. The van der Waals surface area contributed by atoms with Crippen LogP contribution in [0.1, 0.15) is 29.4 Å². The van der Waals surface area contributed by atoms with E-state index in [-0.39, 0.29) is 11.9 Å². The van der Waals surface area contributed by atoms with Gasteiger partial charge in [-0.05, 0) is 63.0 Å². The molecular formula is C18H22N2O3S2. The topological polar surface area (TPSA) is 50.8 Å². The Morgan fingerprint density at radius 2 is 1.80 bits per heavy atom. The van der Waals surface area contributed by atoms with Crippen molar-refractivity contribution < 1.29 is 14.3 Å². The van der Waals surface area contributed by atoms with E-state index in [1.165, 1.54) is 48.6 Å². The van der Waals surface area contributed by atoms with Crippen molar-refractivity contribution in [3.05, 3.63) is 29.1 Å². The molecule has 0 aromatic carbocycles. The Balaban J connectivity index is 1.40. The van der Waals surface area contributed by atoms with Gasteiger partial charge in [-0.2, -0.15) is 0 Å². The van der Waals surface area contributed by atoms with Crippen molar-refractivity contribution in [1.29, 1.82) is 0 Å². The fourth-order valence-electron chi connectivity index (χ4n) is 3.83. The Hall–Kier alpha value is -1.57. The van der Waals surface area contributed by atoms with Crippen LogP contribution in [0, 0.1) is 5.92 Å². The molecule has 0 saturated carbocycles. The van der Waals surface area contributed by atoms with Gasteiger partial charge in [-0.3, -0.25) is 9.69 Å². The highest BCUT2D eigenvalue weighted by atomic mass is 32.1. The molecule has 134 valence electrons. The number of methoxy groups -OCH3 is 1. The number of nitrogens with one attached hydrogen (secondary N) is 1. The molecule has 1 N–H and O–H groups in total. The van der Waals surface area contributed by atoms with Crippen molar-refractivity contribution in [1.82, 2.24) is 10.2 Å². The van der Waals surface area contributed by atoms with Crippen molar-refractivity contribution >= 4 is 28.6 Å². The zero-order valence-corrected chi connectivity index (χ0v) is 16.0. The van der Waals surface area contributed by atoms with Crippen molar-refractivity contribution in [3.8, 4) is 15.2 Å². The van der Waals surface area contributed by atoms with Gasteiger partial charge < -0.3 is 14.8 Å². The largest absolute Gasteiger partial charge is 0.487 e. The Bertz CT molecular complexity index is 747. The first-order valence-electron chi connectivity index (χ1n) is 8.60. The monoisotopic (exact) mass is 378 g/mol. The van der Waals surface area contributed by atoms with Crippen molar-refractivity contribution in [2.24, 2.45) is 5.92 Å². The second-order valence-corrected chi connectivity index (χ2v) is 8.67. The molecule has 1 amide bonds. The first-order valence-corrected chi connectivity index (χ1v) is 10.2. The molecule has 2 bridgehead atoms. The molecule has 0 aliphatic carbocycles. The zero-order chi connectivity index (χ0) is 17.4. The van der Waals surface area contributed by atoms with Gasteiger partial charge in [0, 0.05) is 12.1 Å². The first kappa shape index (κ1) is 16.9. The van der Waals surface area contributed by atoms with Gasteiger partial charge in [-0.1, -0.05) is 22.7 Å². The molecule has 0 unspecified atom stereocenters. The van der Waals surface area contributed by atoms with Gasteiger partial charge >= 0.3 is 0 Å². The van der Waals surface area contributed by atoms with E-state index >= 15 is 0 Å². The minimum absolute atomic E-state index is 0.00853. The third-order valence-corrected chi connectivity index (χ3v) is 7.13. The van der Waals surface area contributed by atoms with E-state index in [2.05, 4.69) is 17.1 Å². The predicted molar refractivity (Wildman–Crippen MR) is 100 cm³/mol. The Morgan fingerprint density at radius 1 is 1.12 bits per heavy atom. The molecule has 0 radical (unpaired) electrons. The highest BCUT2D eigenvalue weighted by Gasteiger charge is 2.40. The number of rotatable bonds is 5. The minimum Gasteiger partial charge on any atom is -0.487 e. The summed E-state index contributed by atoms with van der Waals surface area (Å²) in [5, 5.41) is 5.55. The van der Waals surface area contributed by atoms with Gasteiger partial charge in [0.2, 0.25) is 0 Å². The normalized spacial score (nSPS) is 27.9. The molecule has 3 saturated heterocycles. The Kier molecular flexibility index (Phi) is 4.71. The molecule has 25 heavy (non-hydrogen) atoms. The summed E-state index contributed by atoms with van der Waals surface area (Å²) < 4.78 is 11.0. The maximum Gasteiger partial charge on any atom is 0.261 e. The van der Waals surface area contributed by atoms with Gasteiger partial charge in [0.1, 0.15) is 0 Å². The first-order chi connectivity index (χ1) is 12.1. The third-order valence-electron chi connectivity index (χ3n) is 5.24. The Morgan fingerprint density at radius 3 is 2.48 bits per heavy atom. The van der Waals surface area contributed by atoms with Crippen LogP contribution in [0.15, 0.2) is 24.3 Å². The molecule has 5 nitrogen and oxygen atoms in total. The number of amides is 1. The second-order valence-electron chi connectivity index (χ2n) is 6.61. The highest BCUT2D eigenvalue weighted by Crippen LogP contribution is 2.37. The molecule has 2 atom stereocenters. The van der Waals surface area contributed by atoms with Gasteiger partial charge in [0.05, 0.1) is 12.0 Å². The van der Waals surface area contributed by atoms with Crippen LogP contribution in [-0.4, -0.2) is 43.1 Å². The van der Waals surface area contributed by atoms with Gasteiger partial charge in [-0.25, -0.2) is 0 Å². The molecule has 3 aliphatic heterocycles. The van der Waals surface area contributed by atoms with Crippen LogP contribution in [0.3, 0.4) is 0 Å². The summed E-state index contributed by atoms with van der Waals surface area (Å²) in [7, 11) is 1.64. The number of hydrogen-bond acceptors (Lipinski definition) is 6. The SMILES string of the molecule is COc1ccc(Oc2ccc(C(=O)N[C@@H]3C4CCN(CC4)[C@@H]3C)s2)s1. The van der Waals surface area contributed by atoms with E-state index in [0.29, 0.717) is 16.8 Å². The third kappa shape index (κ3) is 3.41. The quantitative estimate of drug-likeness (QED) is 0.859. The zero-order valence-electron chi connectivity index (χ0n) is 14.4. The van der Waals surface area contributed by atoms with Gasteiger partial charge in [0.25, 0.3) is 5.91 Å². The van der Waals surface area contributed by atoms with Crippen LogP contribution in [0.25, 0.3) is 0 Å². The van der Waals surface area contributed by atoms with E-state index in [9.17, 15) is 4.79 Å². The average molecular weight is 379 g/mol. The lowest BCUT2D eigenvalue weighted by Gasteiger charge is -2.49. The number of carbonyl (C=O) groups is 1. The van der Waals surface area contributed by atoms with E-state index in [4.69, 9.17) is 9.47 Å². The van der Waals surface area contributed by atoms with Crippen molar-refractivity contribution in [3.63, 3.8) is 0 Å². The van der Waals surface area contributed by atoms with Crippen LogP contribution in [0.4, 0.5) is 0 Å².